The number of rotatable bonds is 5. The molecule has 0 unspecified atom stereocenters. The first kappa shape index (κ1) is 20.6. The fraction of sp³-hybridized carbons (Fsp3) is 0.429. The molecule has 1 aliphatic rings. The Hall–Kier alpha value is -2.09. The Kier molecular flexibility index (Phi) is 5.98. The van der Waals surface area contributed by atoms with E-state index >= 15 is 0 Å². The van der Waals surface area contributed by atoms with Crippen molar-refractivity contribution in [3.8, 4) is 5.75 Å². The molecule has 0 aromatic heterocycles. The van der Waals surface area contributed by atoms with Gasteiger partial charge in [-0.2, -0.15) is 13.2 Å². The quantitative estimate of drug-likeness (QED) is 0.810. The summed E-state index contributed by atoms with van der Waals surface area (Å²) in [6, 6.07) is 12.1. The van der Waals surface area contributed by atoms with E-state index in [9.17, 15) is 23.4 Å². The van der Waals surface area contributed by atoms with E-state index in [0.717, 1.165) is 17.7 Å². The molecule has 152 valence electrons. The van der Waals surface area contributed by atoms with Gasteiger partial charge in [-0.25, -0.2) is 0 Å². The molecule has 2 N–H and O–H groups in total. The normalized spacial score (nSPS) is 18.6. The fourth-order valence-electron chi connectivity index (χ4n) is 3.58. The number of nitrogens with zero attached hydrogens (tertiary/aromatic N) is 1. The molecule has 0 spiro atoms. The van der Waals surface area contributed by atoms with Crippen LogP contribution >= 0.6 is 0 Å². The number of likely N-dealkylation sites (tertiary alicyclic amines) is 1. The van der Waals surface area contributed by atoms with Crippen molar-refractivity contribution in [1.82, 2.24) is 4.90 Å². The lowest BCUT2D eigenvalue weighted by Gasteiger charge is -2.39. The molecule has 4 nitrogen and oxygen atoms in total. The number of alkyl halides is 3. The molecule has 0 saturated carbocycles. The van der Waals surface area contributed by atoms with Crippen molar-refractivity contribution in [1.29, 1.82) is 0 Å². The number of halogens is 3. The Morgan fingerprint density at radius 2 is 1.79 bits per heavy atom. The number of methoxy groups -OCH3 is 1. The second-order valence-corrected chi connectivity index (χ2v) is 7.20. The zero-order valence-corrected chi connectivity index (χ0v) is 15.6. The van der Waals surface area contributed by atoms with Crippen molar-refractivity contribution < 1.29 is 28.1 Å². The van der Waals surface area contributed by atoms with Gasteiger partial charge >= 0.3 is 6.18 Å². The first-order valence-electron chi connectivity index (χ1n) is 9.16. The summed E-state index contributed by atoms with van der Waals surface area (Å²) in [7, 11) is 1.56. The fourth-order valence-corrected chi connectivity index (χ4v) is 3.58. The van der Waals surface area contributed by atoms with Crippen molar-refractivity contribution >= 4 is 0 Å². The molecule has 0 amide bonds. The molecule has 1 fully saturated rings. The smallest absolute Gasteiger partial charge is 0.416 e. The van der Waals surface area contributed by atoms with Gasteiger partial charge in [0.1, 0.15) is 5.75 Å². The second kappa shape index (κ2) is 8.11. The predicted octanol–water partition coefficient (Wildman–Crippen LogP) is 3.73. The van der Waals surface area contributed by atoms with Gasteiger partial charge in [0.2, 0.25) is 0 Å². The van der Waals surface area contributed by atoms with E-state index in [-0.39, 0.29) is 5.56 Å². The maximum absolute atomic E-state index is 13.0. The van der Waals surface area contributed by atoms with E-state index < -0.39 is 23.4 Å². The van der Waals surface area contributed by atoms with E-state index in [4.69, 9.17) is 4.74 Å². The average Bonchev–Trinajstić information content (AvgIpc) is 2.69. The molecular formula is C21H24F3NO3. The minimum absolute atomic E-state index is 0.287. The monoisotopic (exact) mass is 395 g/mol. The van der Waals surface area contributed by atoms with Gasteiger partial charge in [0.25, 0.3) is 0 Å². The Labute approximate surface area is 162 Å². The van der Waals surface area contributed by atoms with E-state index in [1.165, 1.54) is 12.1 Å². The van der Waals surface area contributed by atoms with Crippen LogP contribution < -0.4 is 4.74 Å². The summed E-state index contributed by atoms with van der Waals surface area (Å²) in [4.78, 5) is 2.01. The van der Waals surface area contributed by atoms with Gasteiger partial charge in [-0.05, 0) is 48.2 Å². The first-order valence-corrected chi connectivity index (χ1v) is 9.16. The first-order chi connectivity index (χ1) is 13.2. The highest BCUT2D eigenvalue weighted by molar-refractivity contribution is 5.31. The number of ether oxygens (including phenoxy) is 1. The lowest BCUT2D eigenvalue weighted by atomic mass is 9.83. The summed E-state index contributed by atoms with van der Waals surface area (Å²) in [5.74, 6) is 0.661. The molecule has 2 aromatic carbocycles. The molecule has 3 rings (SSSR count). The topological polar surface area (TPSA) is 52.9 Å². The Balaban J connectivity index is 1.63. The zero-order valence-electron chi connectivity index (χ0n) is 15.6. The van der Waals surface area contributed by atoms with Crippen molar-refractivity contribution in [2.24, 2.45) is 0 Å². The van der Waals surface area contributed by atoms with Crippen LogP contribution in [0.15, 0.2) is 48.5 Å². The summed E-state index contributed by atoms with van der Waals surface area (Å²) in [5.41, 5.74) is -1.03. The maximum atomic E-state index is 13.0. The van der Waals surface area contributed by atoms with E-state index in [2.05, 4.69) is 0 Å². The molecule has 0 radical (unpaired) electrons. The van der Waals surface area contributed by atoms with Gasteiger partial charge < -0.3 is 19.8 Å². The van der Waals surface area contributed by atoms with Crippen molar-refractivity contribution in [2.45, 2.75) is 30.7 Å². The van der Waals surface area contributed by atoms with Crippen molar-refractivity contribution in [3.63, 3.8) is 0 Å². The van der Waals surface area contributed by atoms with Crippen LogP contribution in [0.5, 0.6) is 5.75 Å². The molecule has 0 aliphatic carbocycles. The van der Waals surface area contributed by atoms with Gasteiger partial charge in [-0.15, -0.1) is 0 Å². The maximum Gasteiger partial charge on any atom is 0.416 e. The van der Waals surface area contributed by atoms with Gasteiger partial charge in [-0.1, -0.05) is 24.3 Å². The second-order valence-electron chi connectivity index (χ2n) is 7.20. The zero-order chi connectivity index (χ0) is 20.4. The molecule has 28 heavy (non-hydrogen) atoms. The van der Waals surface area contributed by atoms with Gasteiger partial charge in [-0.3, -0.25) is 0 Å². The molecule has 1 saturated heterocycles. The van der Waals surface area contributed by atoms with E-state index in [1.54, 1.807) is 25.3 Å². The summed E-state index contributed by atoms with van der Waals surface area (Å²) >= 11 is 0. The van der Waals surface area contributed by atoms with Crippen LogP contribution in [0, 0.1) is 0 Å². The van der Waals surface area contributed by atoms with Gasteiger partial charge in [0.05, 0.1) is 24.4 Å². The Morgan fingerprint density at radius 3 is 2.43 bits per heavy atom. The van der Waals surface area contributed by atoms with Crippen LogP contribution in [0.2, 0.25) is 0 Å². The van der Waals surface area contributed by atoms with Crippen LogP contribution in [0.1, 0.15) is 35.6 Å². The largest absolute Gasteiger partial charge is 0.497 e. The highest BCUT2D eigenvalue weighted by Gasteiger charge is 2.37. The van der Waals surface area contributed by atoms with E-state index in [0.29, 0.717) is 38.2 Å². The van der Waals surface area contributed by atoms with Gasteiger partial charge in [0, 0.05) is 19.6 Å². The molecule has 0 bridgehead atoms. The average molecular weight is 395 g/mol. The van der Waals surface area contributed by atoms with Crippen LogP contribution in [-0.2, 0) is 11.8 Å². The minimum atomic E-state index is -4.44. The third-order valence-electron chi connectivity index (χ3n) is 5.32. The Bertz CT molecular complexity index is 801. The summed E-state index contributed by atoms with van der Waals surface area (Å²) in [6.45, 7) is 1.34. The summed E-state index contributed by atoms with van der Waals surface area (Å²) < 4.78 is 44.0. The number of hydrogen-bond donors (Lipinski definition) is 2. The summed E-state index contributed by atoms with van der Waals surface area (Å²) in [5, 5.41) is 21.4. The molecule has 1 heterocycles. The standard InChI is InChI=1S/C21H24F3NO3/c1-28-18-7-2-4-15(12-18)19(26)14-25-10-8-20(27,9-11-25)16-5-3-6-17(13-16)21(22,23)24/h2-7,12-13,19,26-27H,8-11,14H2,1H3/t19-/m0/s1. The van der Waals surface area contributed by atoms with Gasteiger partial charge in [0.15, 0.2) is 0 Å². The predicted molar refractivity (Wildman–Crippen MR) is 99.0 cm³/mol. The number of aliphatic hydroxyl groups is 2. The molecule has 2 aromatic rings. The number of aliphatic hydroxyl groups excluding tert-OH is 1. The SMILES string of the molecule is COc1cccc([C@@H](O)CN2CCC(O)(c3cccc(C(F)(F)F)c3)CC2)c1. The number of benzene rings is 2. The van der Waals surface area contributed by atoms with Crippen LogP contribution in [0.25, 0.3) is 0 Å². The summed E-state index contributed by atoms with van der Waals surface area (Å²) in [6.07, 6.45) is -4.54. The van der Waals surface area contributed by atoms with E-state index in [1.807, 2.05) is 11.0 Å². The molecule has 1 aliphatic heterocycles. The Morgan fingerprint density at radius 1 is 1.11 bits per heavy atom. The number of piperidine rings is 1. The number of β-amino-alcohol motifs (C(OH)–C–C–N with tert-alkyl or cyclic N) is 1. The number of hydrogen-bond acceptors (Lipinski definition) is 4. The van der Waals surface area contributed by atoms with Crippen LogP contribution in [0.3, 0.4) is 0 Å². The molecular weight excluding hydrogens is 371 g/mol. The molecule has 1 atom stereocenters. The van der Waals surface area contributed by atoms with Crippen molar-refractivity contribution in [2.75, 3.05) is 26.7 Å². The lowest BCUT2D eigenvalue weighted by molar-refractivity contribution is -0.137. The molecule has 7 heteroatoms. The minimum Gasteiger partial charge on any atom is -0.497 e. The highest BCUT2D eigenvalue weighted by Crippen LogP contribution is 2.37. The highest BCUT2D eigenvalue weighted by atomic mass is 19.4. The third kappa shape index (κ3) is 4.66. The van der Waals surface area contributed by atoms with Crippen molar-refractivity contribution in [3.05, 3.63) is 65.2 Å². The lowest BCUT2D eigenvalue weighted by Crippen LogP contribution is -2.44. The van der Waals surface area contributed by atoms with Crippen LogP contribution in [0.4, 0.5) is 13.2 Å². The van der Waals surface area contributed by atoms with Crippen LogP contribution in [-0.4, -0.2) is 41.9 Å². The third-order valence-corrected chi connectivity index (χ3v) is 5.32.